The van der Waals surface area contributed by atoms with E-state index in [-0.39, 0.29) is 5.91 Å². The Labute approximate surface area is 136 Å². The topological polar surface area (TPSA) is 63.1 Å². The van der Waals surface area contributed by atoms with Crippen molar-refractivity contribution >= 4 is 17.7 Å². The SMILES string of the molecule is CCC1CN(C(=O)c2nnn(C3CCNCC3)c2C)CCS1. The normalized spacial score (nSPS) is 23.7. The zero-order valence-electron chi connectivity index (χ0n) is 13.4. The number of carbonyl (C=O) groups is 1. The Morgan fingerprint density at radius 1 is 1.41 bits per heavy atom. The molecule has 2 aliphatic heterocycles. The summed E-state index contributed by atoms with van der Waals surface area (Å²) in [6, 6.07) is 0.371. The van der Waals surface area contributed by atoms with Gasteiger partial charge in [-0.3, -0.25) is 4.79 Å². The molecule has 1 unspecified atom stereocenters. The van der Waals surface area contributed by atoms with Crippen LogP contribution < -0.4 is 5.32 Å². The molecule has 1 amide bonds. The maximum absolute atomic E-state index is 12.8. The number of hydrogen-bond acceptors (Lipinski definition) is 5. The van der Waals surface area contributed by atoms with E-state index in [0.29, 0.717) is 17.0 Å². The standard InChI is InChI=1S/C15H25N5OS/c1-3-13-10-19(8-9-22-13)15(21)14-11(2)20(18-17-14)12-4-6-16-7-5-12/h12-13,16H,3-10H2,1-2H3. The van der Waals surface area contributed by atoms with Crippen molar-refractivity contribution in [1.29, 1.82) is 0 Å². The highest BCUT2D eigenvalue weighted by molar-refractivity contribution is 8.00. The van der Waals surface area contributed by atoms with Crippen LogP contribution in [0.3, 0.4) is 0 Å². The van der Waals surface area contributed by atoms with Gasteiger partial charge >= 0.3 is 0 Å². The fraction of sp³-hybridized carbons (Fsp3) is 0.800. The van der Waals surface area contributed by atoms with Gasteiger partial charge in [-0.1, -0.05) is 12.1 Å². The minimum atomic E-state index is 0.0523. The maximum atomic E-state index is 12.8. The van der Waals surface area contributed by atoms with Crippen LogP contribution in [0, 0.1) is 6.92 Å². The van der Waals surface area contributed by atoms with Gasteiger partial charge in [0.25, 0.3) is 5.91 Å². The smallest absolute Gasteiger partial charge is 0.276 e. The molecule has 0 bridgehead atoms. The molecule has 2 saturated heterocycles. The van der Waals surface area contributed by atoms with Crippen molar-refractivity contribution in [3.63, 3.8) is 0 Å². The van der Waals surface area contributed by atoms with Crippen LogP contribution in [0.2, 0.25) is 0 Å². The molecule has 2 fully saturated rings. The summed E-state index contributed by atoms with van der Waals surface area (Å²) in [4.78, 5) is 14.7. The molecule has 2 aliphatic rings. The first-order valence-electron chi connectivity index (χ1n) is 8.24. The minimum absolute atomic E-state index is 0.0523. The van der Waals surface area contributed by atoms with Gasteiger partial charge in [-0.15, -0.1) is 5.10 Å². The summed E-state index contributed by atoms with van der Waals surface area (Å²) in [5.41, 5.74) is 1.46. The number of nitrogens with one attached hydrogen (secondary N) is 1. The van der Waals surface area contributed by atoms with Crippen LogP contribution in [0.1, 0.15) is 48.4 Å². The zero-order valence-corrected chi connectivity index (χ0v) is 14.2. The number of hydrogen-bond donors (Lipinski definition) is 1. The molecule has 1 aromatic rings. The summed E-state index contributed by atoms with van der Waals surface area (Å²) in [7, 11) is 0. The molecule has 1 aromatic heterocycles. The Bertz CT molecular complexity index is 526. The Kier molecular flexibility index (Phi) is 5.03. The van der Waals surface area contributed by atoms with Crippen LogP contribution >= 0.6 is 11.8 Å². The van der Waals surface area contributed by atoms with E-state index in [0.717, 1.165) is 56.9 Å². The van der Waals surface area contributed by atoms with Crippen molar-refractivity contribution in [2.24, 2.45) is 0 Å². The van der Waals surface area contributed by atoms with E-state index < -0.39 is 0 Å². The van der Waals surface area contributed by atoms with Crippen LogP contribution in [0.4, 0.5) is 0 Å². The third kappa shape index (κ3) is 3.15. The third-order valence-electron chi connectivity index (χ3n) is 4.67. The van der Waals surface area contributed by atoms with Crippen molar-refractivity contribution in [3.8, 4) is 0 Å². The van der Waals surface area contributed by atoms with E-state index in [1.54, 1.807) is 0 Å². The Hall–Kier alpha value is -1.08. The number of thioether (sulfide) groups is 1. The molecule has 0 spiro atoms. The second-order valence-electron chi connectivity index (χ2n) is 6.10. The fourth-order valence-corrected chi connectivity index (χ4v) is 4.42. The van der Waals surface area contributed by atoms with Gasteiger partial charge in [0, 0.05) is 24.1 Å². The van der Waals surface area contributed by atoms with Crippen molar-refractivity contribution in [1.82, 2.24) is 25.2 Å². The van der Waals surface area contributed by atoms with E-state index in [9.17, 15) is 4.79 Å². The Morgan fingerprint density at radius 3 is 2.91 bits per heavy atom. The molecule has 6 nitrogen and oxygen atoms in total. The lowest BCUT2D eigenvalue weighted by atomic mass is 10.1. The lowest BCUT2D eigenvalue weighted by Gasteiger charge is -2.31. The molecule has 0 aromatic carbocycles. The van der Waals surface area contributed by atoms with Gasteiger partial charge in [0.15, 0.2) is 5.69 Å². The average Bonchev–Trinajstić information content (AvgIpc) is 2.96. The highest BCUT2D eigenvalue weighted by atomic mass is 32.2. The first-order valence-corrected chi connectivity index (χ1v) is 9.29. The fourth-order valence-electron chi connectivity index (χ4n) is 3.24. The van der Waals surface area contributed by atoms with Gasteiger partial charge in [0.2, 0.25) is 0 Å². The van der Waals surface area contributed by atoms with Crippen molar-refractivity contribution in [2.75, 3.05) is 31.9 Å². The lowest BCUT2D eigenvalue weighted by molar-refractivity contribution is 0.0754. The van der Waals surface area contributed by atoms with Crippen LogP contribution in [-0.2, 0) is 0 Å². The summed E-state index contributed by atoms with van der Waals surface area (Å²) < 4.78 is 1.96. The first kappa shape index (κ1) is 15.8. The van der Waals surface area contributed by atoms with E-state index in [1.165, 1.54) is 0 Å². The minimum Gasteiger partial charge on any atom is -0.335 e. The largest absolute Gasteiger partial charge is 0.335 e. The van der Waals surface area contributed by atoms with Crippen molar-refractivity contribution in [3.05, 3.63) is 11.4 Å². The Morgan fingerprint density at radius 2 is 2.18 bits per heavy atom. The summed E-state index contributed by atoms with van der Waals surface area (Å²) in [5, 5.41) is 12.4. The molecule has 22 heavy (non-hydrogen) atoms. The molecule has 3 heterocycles. The number of piperidine rings is 1. The summed E-state index contributed by atoms with van der Waals surface area (Å²) in [6.07, 6.45) is 3.21. The van der Waals surface area contributed by atoms with Gasteiger partial charge in [-0.05, 0) is 39.3 Å². The summed E-state index contributed by atoms with van der Waals surface area (Å²) in [5.74, 6) is 1.07. The molecule has 1 N–H and O–H groups in total. The van der Waals surface area contributed by atoms with E-state index in [2.05, 4.69) is 22.6 Å². The molecule has 3 rings (SSSR count). The molecule has 0 radical (unpaired) electrons. The average molecular weight is 323 g/mol. The number of nitrogens with zero attached hydrogens (tertiary/aromatic N) is 4. The zero-order chi connectivity index (χ0) is 15.5. The van der Waals surface area contributed by atoms with Gasteiger partial charge in [0.1, 0.15) is 0 Å². The van der Waals surface area contributed by atoms with Crippen LogP contribution in [0.15, 0.2) is 0 Å². The van der Waals surface area contributed by atoms with Gasteiger partial charge in [0.05, 0.1) is 11.7 Å². The lowest BCUT2D eigenvalue weighted by Crippen LogP contribution is -2.42. The molecule has 1 atom stereocenters. The number of aromatic nitrogens is 3. The van der Waals surface area contributed by atoms with Gasteiger partial charge in [-0.2, -0.15) is 11.8 Å². The van der Waals surface area contributed by atoms with Gasteiger partial charge < -0.3 is 10.2 Å². The quantitative estimate of drug-likeness (QED) is 0.913. The van der Waals surface area contributed by atoms with E-state index in [4.69, 9.17) is 0 Å². The predicted octanol–water partition coefficient (Wildman–Crippen LogP) is 1.48. The highest BCUT2D eigenvalue weighted by Gasteiger charge is 2.29. The molecular formula is C15H25N5OS. The molecule has 7 heteroatoms. The maximum Gasteiger partial charge on any atom is 0.276 e. The molecule has 0 saturated carbocycles. The van der Waals surface area contributed by atoms with E-state index in [1.807, 2.05) is 28.3 Å². The third-order valence-corrected chi connectivity index (χ3v) is 6.04. The second kappa shape index (κ2) is 7.00. The summed E-state index contributed by atoms with van der Waals surface area (Å²) in [6.45, 7) is 7.83. The Balaban J connectivity index is 1.74. The van der Waals surface area contributed by atoms with Crippen LogP contribution in [0.5, 0.6) is 0 Å². The molecule has 122 valence electrons. The van der Waals surface area contributed by atoms with Crippen molar-refractivity contribution < 1.29 is 4.79 Å². The predicted molar refractivity (Wildman–Crippen MR) is 88.3 cm³/mol. The van der Waals surface area contributed by atoms with Crippen LogP contribution in [-0.4, -0.2) is 63.0 Å². The summed E-state index contributed by atoms with van der Waals surface area (Å²) >= 11 is 1.97. The van der Waals surface area contributed by atoms with Crippen LogP contribution in [0.25, 0.3) is 0 Å². The highest BCUT2D eigenvalue weighted by Crippen LogP contribution is 2.24. The number of carbonyl (C=O) groups excluding carboxylic acids is 1. The number of amides is 1. The molecule has 0 aliphatic carbocycles. The first-order chi connectivity index (χ1) is 10.7. The monoisotopic (exact) mass is 323 g/mol. The van der Waals surface area contributed by atoms with E-state index >= 15 is 0 Å². The molecular weight excluding hydrogens is 298 g/mol. The van der Waals surface area contributed by atoms with Crippen molar-refractivity contribution in [2.45, 2.75) is 44.4 Å². The van der Waals surface area contributed by atoms with Gasteiger partial charge in [-0.25, -0.2) is 4.68 Å². The second-order valence-corrected chi connectivity index (χ2v) is 7.51. The number of rotatable bonds is 3.